The minimum Gasteiger partial charge on any atom is -0.389 e. The van der Waals surface area contributed by atoms with Gasteiger partial charge in [0.05, 0.1) is 12.2 Å². The molecule has 2 aliphatic rings. The second kappa shape index (κ2) is 2.36. The van der Waals surface area contributed by atoms with Crippen molar-refractivity contribution in [2.75, 3.05) is 0 Å². The molecular weight excluding hydrogens is 128 g/mol. The number of hydrogen-bond donors (Lipinski definition) is 1. The Morgan fingerprint density at radius 3 is 3.10 bits per heavy atom. The summed E-state index contributed by atoms with van der Waals surface area (Å²) in [5.41, 5.74) is 0. The number of ether oxygens (including phenoxy) is 1. The average molecular weight is 140 g/mol. The van der Waals surface area contributed by atoms with Crippen molar-refractivity contribution in [1.82, 2.24) is 0 Å². The summed E-state index contributed by atoms with van der Waals surface area (Å²) < 4.78 is 5.29. The Morgan fingerprint density at radius 1 is 1.30 bits per heavy atom. The SMILES string of the molecule is OC1/C=C\C2OC2CCC1. The Balaban J connectivity index is 1.98. The van der Waals surface area contributed by atoms with Gasteiger partial charge >= 0.3 is 0 Å². The first-order valence-corrected chi connectivity index (χ1v) is 3.88. The summed E-state index contributed by atoms with van der Waals surface area (Å²) in [5, 5.41) is 9.21. The zero-order valence-corrected chi connectivity index (χ0v) is 5.86. The lowest BCUT2D eigenvalue weighted by Crippen LogP contribution is -2.06. The van der Waals surface area contributed by atoms with Crippen molar-refractivity contribution < 1.29 is 9.84 Å². The summed E-state index contributed by atoms with van der Waals surface area (Å²) >= 11 is 0. The normalized spacial score (nSPS) is 48.7. The smallest absolute Gasteiger partial charge is 0.102 e. The maximum atomic E-state index is 9.21. The van der Waals surface area contributed by atoms with Crippen LogP contribution in [0.1, 0.15) is 19.3 Å². The van der Waals surface area contributed by atoms with Gasteiger partial charge in [0, 0.05) is 0 Å². The Kier molecular flexibility index (Phi) is 1.51. The van der Waals surface area contributed by atoms with Gasteiger partial charge in [-0.2, -0.15) is 0 Å². The number of aliphatic hydroxyl groups excluding tert-OH is 1. The molecule has 0 aromatic carbocycles. The van der Waals surface area contributed by atoms with E-state index in [4.69, 9.17) is 4.74 Å². The predicted molar refractivity (Wildman–Crippen MR) is 37.7 cm³/mol. The maximum Gasteiger partial charge on any atom is 0.102 e. The van der Waals surface area contributed by atoms with Crippen LogP contribution in [0, 0.1) is 0 Å². The fourth-order valence-corrected chi connectivity index (χ4v) is 1.42. The fraction of sp³-hybridized carbons (Fsp3) is 0.750. The van der Waals surface area contributed by atoms with Crippen molar-refractivity contribution in [3.8, 4) is 0 Å². The molecule has 1 fully saturated rings. The van der Waals surface area contributed by atoms with E-state index in [0.29, 0.717) is 12.2 Å². The third kappa shape index (κ3) is 1.22. The molecule has 0 bridgehead atoms. The van der Waals surface area contributed by atoms with Gasteiger partial charge in [-0.05, 0) is 19.3 Å². The van der Waals surface area contributed by atoms with Crippen molar-refractivity contribution in [3.05, 3.63) is 12.2 Å². The Bertz CT molecular complexity index is 149. The van der Waals surface area contributed by atoms with Crippen molar-refractivity contribution in [1.29, 1.82) is 0 Å². The highest BCUT2D eigenvalue weighted by molar-refractivity contribution is 5.06. The molecule has 0 aromatic rings. The second-order valence-electron chi connectivity index (χ2n) is 3.02. The monoisotopic (exact) mass is 140 g/mol. The lowest BCUT2D eigenvalue weighted by atomic mass is 10.0. The largest absolute Gasteiger partial charge is 0.389 e. The molecule has 0 spiro atoms. The maximum absolute atomic E-state index is 9.21. The van der Waals surface area contributed by atoms with Gasteiger partial charge in [-0.3, -0.25) is 0 Å². The molecular formula is C8H12O2. The van der Waals surface area contributed by atoms with E-state index >= 15 is 0 Å². The van der Waals surface area contributed by atoms with E-state index in [-0.39, 0.29) is 6.10 Å². The van der Waals surface area contributed by atoms with E-state index in [0.717, 1.165) is 19.3 Å². The van der Waals surface area contributed by atoms with Crippen LogP contribution < -0.4 is 0 Å². The molecule has 3 unspecified atom stereocenters. The van der Waals surface area contributed by atoms with Crippen molar-refractivity contribution in [2.24, 2.45) is 0 Å². The van der Waals surface area contributed by atoms with Gasteiger partial charge in [0.15, 0.2) is 0 Å². The minimum atomic E-state index is -0.231. The van der Waals surface area contributed by atoms with Crippen LogP contribution in [0.4, 0.5) is 0 Å². The van der Waals surface area contributed by atoms with Crippen LogP contribution in [0.25, 0.3) is 0 Å². The Morgan fingerprint density at radius 2 is 2.20 bits per heavy atom. The Labute approximate surface area is 60.5 Å². The molecule has 1 aliphatic carbocycles. The van der Waals surface area contributed by atoms with Gasteiger partial charge in [-0.25, -0.2) is 0 Å². The minimum absolute atomic E-state index is 0.231. The topological polar surface area (TPSA) is 32.8 Å². The van der Waals surface area contributed by atoms with E-state index in [1.807, 2.05) is 12.2 Å². The van der Waals surface area contributed by atoms with Gasteiger partial charge in [-0.1, -0.05) is 12.2 Å². The number of rotatable bonds is 0. The summed E-state index contributed by atoms with van der Waals surface area (Å²) in [4.78, 5) is 0. The van der Waals surface area contributed by atoms with Gasteiger partial charge in [-0.15, -0.1) is 0 Å². The van der Waals surface area contributed by atoms with Crippen molar-refractivity contribution >= 4 is 0 Å². The number of aliphatic hydroxyl groups is 1. The van der Waals surface area contributed by atoms with Crippen LogP contribution in [0.15, 0.2) is 12.2 Å². The summed E-state index contributed by atoms with van der Waals surface area (Å²) in [5.74, 6) is 0. The first-order valence-electron chi connectivity index (χ1n) is 3.88. The molecule has 0 amide bonds. The lowest BCUT2D eigenvalue weighted by Gasteiger charge is -2.05. The van der Waals surface area contributed by atoms with Crippen LogP contribution in [0.5, 0.6) is 0 Å². The highest BCUT2D eigenvalue weighted by Gasteiger charge is 2.36. The quantitative estimate of drug-likeness (QED) is 0.400. The van der Waals surface area contributed by atoms with Crippen LogP contribution in [0.2, 0.25) is 0 Å². The van der Waals surface area contributed by atoms with E-state index in [9.17, 15) is 5.11 Å². The average Bonchev–Trinajstić information content (AvgIpc) is 2.59. The van der Waals surface area contributed by atoms with Gasteiger partial charge < -0.3 is 9.84 Å². The zero-order chi connectivity index (χ0) is 6.97. The molecule has 0 radical (unpaired) electrons. The second-order valence-corrected chi connectivity index (χ2v) is 3.02. The molecule has 2 heteroatoms. The molecule has 1 aliphatic heterocycles. The lowest BCUT2D eigenvalue weighted by molar-refractivity contribution is 0.206. The molecule has 56 valence electrons. The van der Waals surface area contributed by atoms with Crippen LogP contribution in [-0.2, 0) is 4.74 Å². The highest BCUT2D eigenvalue weighted by atomic mass is 16.6. The molecule has 1 saturated heterocycles. The fourth-order valence-electron chi connectivity index (χ4n) is 1.42. The van der Waals surface area contributed by atoms with E-state index in [1.165, 1.54) is 0 Å². The number of fused-ring (bicyclic) bond motifs is 1. The van der Waals surface area contributed by atoms with Crippen molar-refractivity contribution in [2.45, 2.75) is 37.6 Å². The van der Waals surface area contributed by atoms with Crippen molar-refractivity contribution in [3.63, 3.8) is 0 Å². The third-order valence-corrected chi connectivity index (χ3v) is 2.13. The Hall–Kier alpha value is -0.340. The number of epoxide rings is 1. The molecule has 1 N–H and O–H groups in total. The molecule has 0 aromatic heterocycles. The van der Waals surface area contributed by atoms with E-state index in [1.54, 1.807) is 0 Å². The molecule has 10 heavy (non-hydrogen) atoms. The summed E-state index contributed by atoms with van der Waals surface area (Å²) in [6.45, 7) is 0. The summed E-state index contributed by atoms with van der Waals surface area (Å²) in [7, 11) is 0. The van der Waals surface area contributed by atoms with Gasteiger partial charge in [0.2, 0.25) is 0 Å². The number of hydrogen-bond acceptors (Lipinski definition) is 2. The molecule has 1 heterocycles. The summed E-state index contributed by atoms with van der Waals surface area (Å²) in [6.07, 6.45) is 7.50. The third-order valence-electron chi connectivity index (χ3n) is 2.13. The molecule has 3 atom stereocenters. The van der Waals surface area contributed by atoms with Gasteiger partial charge in [0.1, 0.15) is 6.10 Å². The van der Waals surface area contributed by atoms with Crippen LogP contribution >= 0.6 is 0 Å². The van der Waals surface area contributed by atoms with E-state index < -0.39 is 0 Å². The van der Waals surface area contributed by atoms with Crippen LogP contribution in [-0.4, -0.2) is 23.4 Å². The highest BCUT2D eigenvalue weighted by Crippen LogP contribution is 2.30. The van der Waals surface area contributed by atoms with E-state index in [2.05, 4.69) is 0 Å². The first-order chi connectivity index (χ1) is 4.86. The van der Waals surface area contributed by atoms with Gasteiger partial charge in [0.25, 0.3) is 0 Å². The molecule has 2 nitrogen and oxygen atoms in total. The first kappa shape index (κ1) is 6.38. The predicted octanol–water partition coefficient (Wildman–Crippen LogP) is 0.855. The standard InChI is InChI=1S/C8H12O2/c9-6-2-1-3-7-8(10-7)5-4-6/h4-9H,1-3H2/b5-4-. The summed E-state index contributed by atoms with van der Waals surface area (Å²) in [6, 6.07) is 0. The zero-order valence-electron chi connectivity index (χ0n) is 5.86. The molecule has 2 rings (SSSR count). The molecule has 0 saturated carbocycles. The van der Waals surface area contributed by atoms with Crippen LogP contribution in [0.3, 0.4) is 0 Å².